The van der Waals surface area contributed by atoms with Crippen molar-refractivity contribution in [3.63, 3.8) is 0 Å². The molecule has 100 valence electrons. The van der Waals surface area contributed by atoms with Crippen LogP contribution in [-0.2, 0) is 4.79 Å². The third-order valence-electron chi connectivity index (χ3n) is 3.31. The lowest BCUT2D eigenvalue weighted by atomic mass is 9.68. The molecule has 0 atom stereocenters. The number of hydrogen-bond acceptors (Lipinski definition) is 2. The molecule has 0 spiro atoms. The predicted octanol–water partition coefficient (Wildman–Crippen LogP) is 1.92. The molecule has 17 heavy (non-hydrogen) atoms. The molecular weight excluding hydrogens is 233 g/mol. The molecule has 0 aromatic rings. The molecule has 0 radical (unpaired) electrons. The third kappa shape index (κ3) is 3.34. The summed E-state index contributed by atoms with van der Waals surface area (Å²) in [4.78, 5) is 13.0. The number of carbonyl (C=O) groups is 1. The van der Waals surface area contributed by atoms with E-state index >= 15 is 0 Å². The first-order valence-electron chi connectivity index (χ1n) is 5.91. The van der Waals surface area contributed by atoms with E-state index in [0.29, 0.717) is 19.3 Å². The fourth-order valence-corrected chi connectivity index (χ4v) is 2.18. The summed E-state index contributed by atoms with van der Waals surface area (Å²) in [5.74, 6) is -0.426. The highest BCUT2D eigenvalue weighted by atomic mass is 19.4. The molecule has 1 saturated carbocycles. The van der Waals surface area contributed by atoms with Crippen LogP contribution in [0.2, 0.25) is 0 Å². The molecule has 1 amide bonds. The van der Waals surface area contributed by atoms with Gasteiger partial charge in [-0.3, -0.25) is 4.79 Å². The molecule has 0 aromatic carbocycles. The average molecular weight is 252 g/mol. The van der Waals surface area contributed by atoms with E-state index in [0.717, 1.165) is 11.3 Å². The van der Waals surface area contributed by atoms with E-state index in [1.165, 1.54) is 0 Å². The predicted molar refractivity (Wildman–Crippen MR) is 58.3 cm³/mol. The van der Waals surface area contributed by atoms with E-state index in [2.05, 4.69) is 0 Å². The first-order valence-corrected chi connectivity index (χ1v) is 5.91. The highest BCUT2D eigenvalue weighted by molar-refractivity contribution is 5.84. The maximum Gasteiger partial charge on any atom is 0.406 e. The Hall–Kier alpha value is -0.780. The van der Waals surface area contributed by atoms with Crippen molar-refractivity contribution in [2.45, 2.75) is 38.8 Å². The second kappa shape index (κ2) is 5.25. The minimum absolute atomic E-state index is 0.139. The van der Waals surface area contributed by atoms with Crippen molar-refractivity contribution in [2.24, 2.45) is 11.1 Å². The third-order valence-corrected chi connectivity index (χ3v) is 3.31. The zero-order valence-corrected chi connectivity index (χ0v) is 10.0. The van der Waals surface area contributed by atoms with Crippen molar-refractivity contribution in [3.8, 4) is 0 Å². The summed E-state index contributed by atoms with van der Waals surface area (Å²) in [6.45, 7) is 0.873. The number of alkyl halides is 3. The molecule has 3 nitrogen and oxygen atoms in total. The Kier molecular flexibility index (Phi) is 4.41. The summed E-state index contributed by atoms with van der Waals surface area (Å²) >= 11 is 0. The lowest BCUT2D eigenvalue weighted by Crippen LogP contribution is -2.54. The van der Waals surface area contributed by atoms with Gasteiger partial charge in [-0.15, -0.1) is 0 Å². The summed E-state index contributed by atoms with van der Waals surface area (Å²) < 4.78 is 37.1. The average Bonchev–Trinajstić information content (AvgIpc) is 2.14. The minimum Gasteiger partial charge on any atom is -0.333 e. The van der Waals surface area contributed by atoms with E-state index in [-0.39, 0.29) is 13.1 Å². The summed E-state index contributed by atoms with van der Waals surface area (Å²) in [5, 5.41) is 0. The van der Waals surface area contributed by atoms with Crippen molar-refractivity contribution in [1.29, 1.82) is 0 Å². The minimum atomic E-state index is -4.34. The fourth-order valence-electron chi connectivity index (χ4n) is 2.18. The number of halogens is 3. The van der Waals surface area contributed by atoms with Gasteiger partial charge in [0.05, 0.1) is 5.41 Å². The lowest BCUT2D eigenvalue weighted by Gasteiger charge is -2.42. The Balaban J connectivity index is 2.72. The van der Waals surface area contributed by atoms with Gasteiger partial charge < -0.3 is 10.6 Å². The second-order valence-corrected chi connectivity index (χ2v) is 4.68. The number of nitrogens with two attached hydrogens (primary N) is 1. The normalized spacial score (nSPS) is 18.6. The van der Waals surface area contributed by atoms with Crippen LogP contribution in [0.4, 0.5) is 13.2 Å². The summed E-state index contributed by atoms with van der Waals surface area (Å²) in [6, 6.07) is 0. The molecule has 2 N–H and O–H groups in total. The van der Waals surface area contributed by atoms with E-state index in [4.69, 9.17) is 5.73 Å². The van der Waals surface area contributed by atoms with E-state index in [1.807, 2.05) is 0 Å². The molecule has 0 unspecified atom stereocenters. The van der Waals surface area contributed by atoms with Gasteiger partial charge in [-0.2, -0.15) is 13.2 Å². The van der Waals surface area contributed by atoms with Crippen molar-refractivity contribution in [3.05, 3.63) is 0 Å². The Morgan fingerprint density at radius 2 is 2.00 bits per heavy atom. The van der Waals surface area contributed by atoms with Gasteiger partial charge in [-0.05, 0) is 19.3 Å². The Labute approximate surface area is 99.1 Å². The molecular formula is C11H19F3N2O. The molecule has 0 saturated heterocycles. The van der Waals surface area contributed by atoms with Crippen LogP contribution >= 0.6 is 0 Å². The van der Waals surface area contributed by atoms with Crippen LogP contribution in [0.5, 0.6) is 0 Å². The second-order valence-electron chi connectivity index (χ2n) is 4.68. The summed E-state index contributed by atoms with van der Waals surface area (Å²) in [6.07, 6.45) is -1.73. The number of amides is 1. The van der Waals surface area contributed by atoms with Gasteiger partial charge in [0, 0.05) is 13.1 Å². The van der Waals surface area contributed by atoms with Crippen LogP contribution in [0.3, 0.4) is 0 Å². The highest BCUT2D eigenvalue weighted by Gasteiger charge is 2.46. The molecule has 1 rings (SSSR count). The first-order chi connectivity index (χ1) is 7.84. The van der Waals surface area contributed by atoms with Gasteiger partial charge in [-0.1, -0.05) is 13.3 Å². The first kappa shape index (κ1) is 14.3. The molecule has 6 heteroatoms. The van der Waals surface area contributed by atoms with E-state index in [1.54, 1.807) is 6.92 Å². The van der Waals surface area contributed by atoms with Gasteiger partial charge in [0.1, 0.15) is 6.54 Å². The summed E-state index contributed by atoms with van der Waals surface area (Å²) in [7, 11) is 0. The maximum atomic E-state index is 12.4. The Bertz CT molecular complexity index is 269. The number of carbonyl (C=O) groups excluding carboxylic acids is 1. The molecule has 1 fully saturated rings. The van der Waals surface area contributed by atoms with Crippen LogP contribution in [0.25, 0.3) is 0 Å². The van der Waals surface area contributed by atoms with Gasteiger partial charge in [-0.25, -0.2) is 0 Å². The van der Waals surface area contributed by atoms with Crippen LogP contribution in [-0.4, -0.2) is 36.6 Å². The molecule has 0 bridgehead atoms. The highest BCUT2D eigenvalue weighted by Crippen LogP contribution is 2.41. The zero-order valence-electron chi connectivity index (χ0n) is 10.0. The lowest BCUT2D eigenvalue weighted by molar-refractivity contribution is -0.170. The molecule has 0 aromatic heterocycles. The van der Waals surface area contributed by atoms with Crippen molar-refractivity contribution < 1.29 is 18.0 Å². The van der Waals surface area contributed by atoms with Gasteiger partial charge in [0.15, 0.2) is 0 Å². The Morgan fingerprint density at radius 1 is 1.41 bits per heavy atom. The monoisotopic (exact) mass is 252 g/mol. The molecule has 1 aliphatic rings. The van der Waals surface area contributed by atoms with Crippen LogP contribution in [0, 0.1) is 5.41 Å². The number of nitrogens with zero attached hydrogens (tertiary/aromatic N) is 1. The summed E-state index contributed by atoms with van der Waals surface area (Å²) in [5.41, 5.74) is 4.82. The van der Waals surface area contributed by atoms with Crippen LogP contribution in [0.15, 0.2) is 0 Å². The van der Waals surface area contributed by atoms with Gasteiger partial charge in [0.25, 0.3) is 0 Å². The van der Waals surface area contributed by atoms with Crippen molar-refractivity contribution >= 4 is 5.91 Å². The zero-order chi connectivity index (χ0) is 13.1. The van der Waals surface area contributed by atoms with Gasteiger partial charge in [0.2, 0.25) is 5.91 Å². The molecule has 0 heterocycles. The molecule has 0 aliphatic heterocycles. The number of hydrogen-bond donors (Lipinski definition) is 1. The topological polar surface area (TPSA) is 46.3 Å². The SMILES string of the molecule is CCCN(CC(F)(F)F)C(=O)C1(CN)CCC1. The largest absolute Gasteiger partial charge is 0.406 e. The van der Waals surface area contributed by atoms with E-state index < -0.39 is 24.0 Å². The van der Waals surface area contributed by atoms with Gasteiger partial charge >= 0.3 is 6.18 Å². The quantitative estimate of drug-likeness (QED) is 0.812. The smallest absolute Gasteiger partial charge is 0.333 e. The number of rotatable bonds is 5. The van der Waals surface area contributed by atoms with Crippen LogP contribution < -0.4 is 5.73 Å². The van der Waals surface area contributed by atoms with E-state index in [9.17, 15) is 18.0 Å². The van der Waals surface area contributed by atoms with Crippen molar-refractivity contribution in [2.75, 3.05) is 19.6 Å². The Morgan fingerprint density at radius 3 is 2.29 bits per heavy atom. The molecule has 1 aliphatic carbocycles. The van der Waals surface area contributed by atoms with Crippen LogP contribution in [0.1, 0.15) is 32.6 Å². The van der Waals surface area contributed by atoms with Crippen molar-refractivity contribution in [1.82, 2.24) is 4.90 Å². The standard InChI is InChI=1S/C11H19F3N2O/c1-2-6-16(8-11(12,13)14)9(17)10(7-15)4-3-5-10/h2-8,15H2,1H3. The maximum absolute atomic E-state index is 12.4. The fraction of sp³-hybridized carbons (Fsp3) is 0.909.